The highest BCUT2D eigenvalue weighted by Crippen LogP contribution is 2.31. The molecule has 3 heterocycles. The fourth-order valence-electron chi connectivity index (χ4n) is 4.80. The normalized spacial score (nSPS) is 15.1. The first-order valence-corrected chi connectivity index (χ1v) is 14.1. The maximum absolute atomic E-state index is 13.9. The van der Waals surface area contributed by atoms with E-state index in [0.29, 0.717) is 49.2 Å². The Hall–Kier alpha value is -4.50. The zero-order valence-corrected chi connectivity index (χ0v) is 24.3. The fraction of sp³-hybridized carbons (Fsp3) is 0.250. The van der Waals surface area contributed by atoms with Gasteiger partial charge in [-0.05, 0) is 55.2 Å². The molecule has 0 fully saturated rings. The van der Waals surface area contributed by atoms with Gasteiger partial charge < -0.3 is 13.9 Å². The highest BCUT2D eigenvalue weighted by atomic mass is 32.1. The highest BCUT2D eigenvalue weighted by molar-refractivity contribution is 7.07. The number of furan rings is 1. The molecular formula is C32H30N2O6S. The number of aromatic nitrogens is 1. The molecule has 0 bridgehead atoms. The summed E-state index contributed by atoms with van der Waals surface area (Å²) in [5.74, 6) is 0.414. The van der Waals surface area contributed by atoms with E-state index in [0.717, 1.165) is 11.1 Å². The summed E-state index contributed by atoms with van der Waals surface area (Å²) in [5.41, 5.74) is 3.63. The molecule has 2 aromatic carbocycles. The van der Waals surface area contributed by atoms with Crippen LogP contribution in [0.2, 0.25) is 0 Å². The first kappa shape index (κ1) is 28.0. The third-order valence-electron chi connectivity index (χ3n) is 6.90. The van der Waals surface area contributed by atoms with Gasteiger partial charge in [-0.1, -0.05) is 61.6 Å². The first-order valence-electron chi connectivity index (χ1n) is 13.3. The minimum atomic E-state index is -0.679. The zero-order chi connectivity index (χ0) is 29.3. The van der Waals surface area contributed by atoms with Crippen LogP contribution in [0.15, 0.2) is 86.1 Å². The molecule has 8 nitrogen and oxygen atoms in total. The Bertz CT molecular complexity index is 1840. The van der Waals surface area contributed by atoms with Crippen molar-refractivity contribution in [2.45, 2.75) is 39.7 Å². The molecule has 0 spiro atoms. The number of nitrogens with zero attached hydrogens (tertiary/aromatic N) is 2. The fourth-order valence-corrected chi connectivity index (χ4v) is 5.83. The SMILES string of the molecule is CCOC(=O)C1=C(C)N=c2s/c(=C\c3ccc(-c4cccc(C(=O)OC)c4)o3)c(=O)n2[C@@H]1c1ccc(C(C)C)cc1. The molecule has 9 heteroatoms. The molecular weight excluding hydrogens is 540 g/mol. The first-order chi connectivity index (χ1) is 19.7. The molecule has 1 aliphatic heterocycles. The maximum Gasteiger partial charge on any atom is 0.338 e. The van der Waals surface area contributed by atoms with Gasteiger partial charge in [-0.3, -0.25) is 9.36 Å². The number of allylic oxidation sites excluding steroid dienone is 1. The van der Waals surface area contributed by atoms with E-state index in [2.05, 4.69) is 18.8 Å². The quantitative estimate of drug-likeness (QED) is 0.291. The average molecular weight is 571 g/mol. The van der Waals surface area contributed by atoms with Crippen LogP contribution in [0.1, 0.15) is 66.9 Å². The van der Waals surface area contributed by atoms with Gasteiger partial charge in [-0.25, -0.2) is 14.6 Å². The summed E-state index contributed by atoms with van der Waals surface area (Å²) in [5, 5.41) is 0. The van der Waals surface area contributed by atoms with Crippen molar-refractivity contribution in [2.75, 3.05) is 13.7 Å². The summed E-state index contributed by atoms with van der Waals surface area (Å²) in [4.78, 5) is 44.0. The van der Waals surface area contributed by atoms with Crippen molar-refractivity contribution in [1.29, 1.82) is 0 Å². The summed E-state index contributed by atoms with van der Waals surface area (Å²) >= 11 is 1.23. The van der Waals surface area contributed by atoms with Crippen LogP contribution in [-0.2, 0) is 14.3 Å². The minimum Gasteiger partial charge on any atom is -0.465 e. The monoisotopic (exact) mass is 570 g/mol. The van der Waals surface area contributed by atoms with Crippen molar-refractivity contribution in [3.8, 4) is 11.3 Å². The zero-order valence-electron chi connectivity index (χ0n) is 23.5. The highest BCUT2D eigenvalue weighted by Gasteiger charge is 2.33. The second-order valence-corrected chi connectivity index (χ2v) is 10.9. The molecule has 1 aliphatic rings. The molecule has 41 heavy (non-hydrogen) atoms. The summed E-state index contributed by atoms with van der Waals surface area (Å²) < 4.78 is 18.2. The van der Waals surface area contributed by atoms with Crippen LogP contribution in [0.25, 0.3) is 17.4 Å². The molecule has 1 atom stereocenters. The number of hydrogen-bond donors (Lipinski definition) is 0. The third kappa shape index (κ3) is 5.45. The second-order valence-electron chi connectivity index (χ2n) is 9.90. The lowest BCUT2D eigenvalue weighted by molar-refractivity contribution is -0.139. The van der Waals surface area contributed by atoms with E-state index in [1.54, 1.807) is 54.8 Å². The number of fused-ring (bicyclic) bond motifs is 1. The summed E-state index contributed by atoms with van der Waals surface area (Å²) in [6, 6.07) is 17.7. The summed E-state index contributed by atoms with van der Waals surface area (Å²) in [6.45, 7) is 7.95. The van der Waals surface area contributed by atoms with E-state index in [4.69, 9.17) is 13.9 Å². The summed E-state index contributed by atoms with van der Waals surface area (Å²) in [6.07, 6.45) is 1.67. The number of thiazole rings is 1. The predicted octanol–water partition coefficient (Wildman–Crippen LogP) is 4.97. The smallest absolute Gasteiger partial charge is 0.338 e. The van der Waals surface area contributed by atoms with Crippen molar-refractivity contribution < 1.29 is 23.5 Å². The van der Waals surface area contributed by atoms with Crippen LogP contribution in [0.4, 0.5) is 0 Å². The van der Waals surface area contributed by atoms with Crippen LogP contribution < -0.4 is 14.9 Å². The van der Waals surface area contributed by atoms with Gasteiger partial charge in [0.25, 0.3) is 5.56 Å². The van der Waals surface area contributed by atoms with E-state index >= 15 is 0 Å². The number of ether oxygens (including phenoxy) is 2. The van der Waals surface area contributed by atoms with Gasteiger partial charge in [-0.15, -0.1) is 0 Å². The molecule has 0 radical (unpaired) electrons. The Morgan fingerprint density at radius 1 is 1.10 bits per heavy atom. The lowest BCUT2D eigenvalue weighted by Gasteiger charge is -2.25. The number of benzene rings is 2. The van der Waals surface area contributed by atoms with Crippen molar-refractivity contribution in [3.05, 3.63) is 114 Å². The van der Waals surface area contributed by atoms with Crippen LogP contribution in [0, 0.1) is 0 Å². The average Bonchev–Trinajstić information content (AvgIpc) is 3.56. The van der Waals surface area contributed by atoms with Gasteiger partial charge in [0.1, 0.15) is 11.5 Å². The Kier molecular flexibility index (Phi) is 7.90. The van der Waals surface area contributed by atoms with E-state index in [-0.39, 0.29) is 12.2 Å². The van der Waals surface area contributed by atoms with Crippen LogP contribution in [0.5, 0.6) is 0 Å². The summed E-state index contributed by atoms with van der Waals surface area (Å²) in [7, 11) is 1.33. The van der Waals surface area contributed by atoms with Gasteiger partial charge in [0, 0.05) is 11.6 Å². The maximum atomic E-state index is 13.9. The lowest BCUT2D eigenvalue weighted by atomic mass is 9.93. The molecule has 0 unspecified atom stereocenters. The van der Waals surface area contributed by atoms with Gasteiger partial charge in [0.15, 0.2) is 4.80 Å². The van der Waals surface area contributed by atoms with Crippen LogP contribution in [0.3, 0.4) is 0 Å². The molecule has 5 rings (SSSR count). The second kappa shape index (κ2) is 11.5. The number of rotatable bonds is 7. The van der Waals surface area contributed by atoms with Crippen molar-refractivity contribution >= 4 is 29.4 Å². The molecule has 210 valence electrons. The van der Waals surface area contributed by atoms with E-state index < -0.39 is 18.0 Å². The number of methoxy groups -OCH3 is 1. The Balaban J connectivity index is 1.59. The number of carbonyl (C=O) groups excluding carboxylic acids is 2. The minimum absolute atomic E-state index is 0.211. The topological polar surface area (TPSA) is 100 Å². The van der Waals surface area contributed by atoms with Crippen LogP contribution in [-0.4, -0.2) is 30.2 Å². The molecule has 0 N–H and O–H groups in total. The third-order valence-corrected chi connectivity index (χ3v) is 7.89. The Morgan fingerprint density at radius 3 is 2.54 bits per heavy atom. The largest absolute Gasteiger partial charge is 0.465 e. The molecule has 4 aromatic rings. The van der Waals surface area contributed by atoms with Gasteiger partial charge in [-0.2, -0.15) is 0 Å². The standard InChI is InChI=1S/C32H30N2O6S/c1-6-39-31(37)27-19(4)33-32-34(28(27)21-12-10-20(11-13-21)18(2)3)29(35)26(41-32)17-24-14-15-25(40-24)22-8-7-9-23(16-22)30(36)38-5/h7-18,28H,6H2,1-5H3/b26-17-/t28-/m1/s1. The van der Waals surface area contributed by atoms with E-state index in [1.165, 1.54) is 18.4 Å². The lowest BCUT2D eigenvalue weighted by Crippen LogP contribution is -2.39. The van der Waals surface area contributed by atoms with Crippen LogP contribution >= 0.6 is 11.3 Å². The van der Waals surface area contributed by atoms with Gasteiger partial charge >= 0.3 is 11.9 Å². The Morgan fingerprint density at radius 2 is 1.85 bits per heavy atom. The Labute approximate surface area is 240 Å². The number of carbonyl (C=O) groups is 2. The molecule has 0 amide bonds. The van der Waals surface area contributed by atoms with E-state index in [1.807, 2.05) is 30.3 Å². The van der Waals surface area contributed by atoms with Crippen molar-refractivity contribution in [3.63, 3.8) is 0 Å². The van der Waals surface area contributed by atoms with Crippen molar-refractivity contribution in [2.24, 2.45) is 4.99 Å². The molecule has 0 saturated carbocycles. The van der Waals surface area contributed by atoms with Gasteiger partial charge in [0.2, 0.25) is 0 Å². The van der Waals surface area contributed by atoms with Crippen molar-refractivity contribution in [1.82, 2.24) is 4.57 Å². The predicted molar refractivity (Wildman–Crippen MR) is 156 cm³/mol. The number of hydrogen-bond acceptors (Lipinski definition) is 8. The molecule has 0 aliphatic carbocycles. The molecule has 2 aromatic heterocycles. The van der Waals surface area contributed by atoms with Gasteiger partial charge in [0.05, 0.1) is 41.1 Å². The molecule has 0 saturated heterocycles. The van der Waals surface area contributed by atoms with E-state index in [9.17, 15) is 14.4 Å². The number of esters is 2.